The van der Waals surface area contributed by atoms with Gasteiger partial charge >= 0.3 is 0 Å². The van der Waals surface area contributed by atoms with Crippen molar-refractivity contribution in [3.05, 3.63) is 210 Å². The molecule has 0 saturated carbocycles. The van der Waals surface area contributed by atoms with Crippen molar-refractivity contribution in [2.75, 3.05) is 40.3 Å². The van der Waals surface area contributed by atoms with Gasteiger partial charge in [-0.3, -0.25) is 57.6 Å². The number of aromatic nitrogens is 6. The Balaban J connectivity index is 0.000000191. The van der Waals surface area contributed by atoms with E-state index < -0.39 is 22.9 Å². The van der Waals surface area contributed by atoms with Gasteiger partial charge in [-0.15, -0.1) is 0 Å². The normalized spacial score (nSPS) is 13.8. The molecule has 2 aliphatic heterocycles. The highest BCUT2D eigenvalue weighted by atomic mass is 35.5. The van der Waals surface area contributed by atoms with Crippen LogP contribution in [0.5, 0.6) is 0 Å². The first-order chi connectivity index (χ1) is 39.7. The Labute approximate surface area is 490 Å². The third-order valence-corrected chi connectivity index (χ3v) is 14.3. The standard InChI is InChI=1S/C31H33ClN6O3.C24H23ClN4O4.C7H10N2/c1-31(2)19-37(20-31)27(39)18-38-28-24(11-23(15-34-28)17-36(3)16-22-5-4-10-33-13-22)12-26(30(38)41)29(40)35-14-21-6-8-25(32)9-7-21;1-24(2)13-28(14-24)20(31)11-29-21-17(7-16(12-30)10-26-21)8-19(23(29)33)22(32)27-9-15-3-5-18(25)6-4-15;1-8-5-7-3-2-4-9-6-7/h4-13,15H,14,16-20H2,1-3H3,(H,35,40);3-8,10,12H,9,11,13-14H2,1-2H3,(H,27,32);2-4,6,8H,5H2,1H3. The Kier molecular flexibility index (Phi) is 19.8. The molecule has 2 fully saturated rings. The smallest absolute Gasteiger partial charge is 0.265 e. The van der Waals surface area contributed by atoms with Crippen LogP contribution >= 0.6 is 23.2 Å². The lowest BCUT2D eigenvalue weighted by atomic mass is 9.84. The van der Waals surface area contributed by atoms with Crippen molar-refractivity contribution in [2.45, 2.75) is 73.5 Å². The molecule has 0 spiro atoms. The molecule has 2 aliphatic rings. The third kappa shape index (κ3) is 16.2. The maximum Gasteiger partial charge on any atom is 0.265 e. The predicted octanol–water partition coefficient (Wildman–Crippen LogP) is 7.34. The van der Waals surface area contributed by atoms with Gasteiger partial charge in [0.15, 0.2) is 6.29 Å². The fraction of sp³-hybridized carbons (Fsp3) is 0.306. The van der Waals surface area contributed by atoms with Crippen LogP contribution in [0.15, 0.2) is 144 Å². The van der Waals surface area contributed by atoms with Gasteiger partial charge in [0.1, 0.15) is 35.5 Å². The topological polar surface area (TPSA) is 227 Å². The fourth-order valence-electron chi connectivity index (χ4n) is 9.80. The molecule has 0 atom stereocenters. The second-order valence-corrected chi connectivity index (χ2v) is 23.2. The third-order valence-electron chi connectivity index (χ3n) is 13.8. The first-order valence-electron chi connectivity index (χ1n) is 26.9. The summed E-state index contributed by atoms with van der Waals surface area (Å²) in [5, 5.41) is 10.8. The second-order valence-electron chi connectivity index (χ2n) is 22.3. The lowest BCUT2D eigenvalue weighted by Crippen LogP contribution is -2.56. The van der Waals surface area contributed by atoms with Crippen molar-refractivity contribution < 1.29 is 24.0 Å². The van der Waals surface area contributed by atoms with Gasteiger partial charge < -0.3 is 25.8 Å². The number of amides is 4. The maximum atomic E-state index is 13.6. The maximum absolute atomic E-state index is 13.6. The number of hydrogen-bond acceptors (Lipinski definition) is 13. The highest BCUT2D eigenvalue weighted by Gasteiger charge is 2.38. The number of benzene rings is 2. The first-order valence-corrected chi connectivity index (χ1v) is 27.7. The molecule has 0 unspecified atom stereocenters. The molecule has 4 amide bonds. The Morgan fingerprint density at radius 1 is 0.578 bits per heavy atom. The van der Waals surface area contributed by atoms with E-state index in [4.69, 9.17) is 23.2 Å². The van der Waals surface area contributed by atoms with Crippen LogP contribution in [0.2, 0.25) is 10.0 Å². The molecule has 2 saturated heterocycles. The van der Waals surface area contributed by atoms with Crippen molar-refractivity contribution in [3.63, 3.8) is 0 Å². The number of pyridine rings is 6. The Morgan fingerprint density at radius 3 is 1.46 bits per heavy atom. The van der Waals surface area contributed by atoms with Crippen LogP contribution in [0, 0.1) is 10.8 Å². The van der Waals surface area contributed by atoms with Crippen LogP contribution in [0.4, 0.5) is 0 Å². The molecule has 19 nitrogen and oxygen atoms in total. The van der Waals surface area contributed by atoms with Crippen LogP contribution in [0.1, 0.15) is 86.6 Å². The predicted molar refractivity (Wildman–Crippen MR) is 320 cm³/mol. The molecule has 83 heavy (non-hydrogen) atoms. The molecule has 0 aliphatic carbocycles. The summed E-state index contributed by atoms with van der Waals surface area (Å²) in [7, 11) is 3.92. The van der Waals surface area contributed by atoms with E-state index in [9.17, 15) is 33.6 Å². The number of hydrogen-bond donors (Lipinski definition) is 3. The quantitative estimate of drug-likeness (QED) is 0.0760. The van der Waals surface area contributed by atoms with E-state index >= 15 is 0 Å². The summed E-state index contributed by atoms with van der Waals surface area (Å²) in [4.78, 5) is 113. The summed E-state index contributed by atoms with van der Waals surface area (Å²) in [6, 6.07) is 28.4. The van der Waals surface area contributed by atoms with Gasteiger partial charge in [0.05, 0.1) is 0 Å². The summed E-state index contributed by atoms with van der Waals surface area (Å²) in [6.07, 6.45) is 10.9. The molecule has 6 aromatic heterocycles. The molecule has 2 aromatic carbocycles. The van der Waals surface area contributed by atoms with Gasteiger partial charge in [-0.1, -0.05) is 87.3 Å². The number of aldehydes is 1. The van der Waals surface area contributed by atoms with Crippen molar-refractivity contribution in [2.24, 2.45) is 10.8 Å². The average Bonchev–Trinajstić information content (AvgIpc) is 3.58. The number of fused-ring (bicyclic) bond motifs is 2. The molecule has 0 radical (unpaired) electrons. The van der Waals surface area contributed by atoms with Gasteiger partial charge in [0, 0.05) is 122 Å². The lowest BCUT2D eigenvalue weighted by molar-refractivity contribution is -0.142. The molecular weight excluding hydrogens is 1100 g/mol. The van der Waals surface area contributed by atoms with Crippen LogP contribution in [-0.4, -0.2) is 114 Å². The molecule has 430 valence electrons. The number of likely N-dealkylation sites (tertiary alicyclic amines) is 2. The van der Waals surface area contributed by atoms with Gasteiger partial charge in [-0.25, -0.2) is 9.97 Å². The highest BCUT2D eigenvalue weighted by Crippen LogP contribution is 2.30. The minimum absolute atomic E-state index is 0.0362. The van der Waals surface area contributed by atoms with Crippen LogP contribution in [0.3, 0.4) is 0 Å². The molecule has 10 rings (SSSR count). The van der Waals surface area contributed by atoms with E-state index in [1.165, 1.54) is 27.0 Å². The lowest BCUT2D eigenvalue weighted by Gasteiger charge is -2.45. The monoisotopic (exact) mass is 1160 g/mol. The van der Waals surface area contributed by atoms with Crippen molar-refractivity contribution in [3.8, 4) is 0 Å². The van der Waals surface area contributed by atoms with Gasteiger partial charge in [-0.05, 0) is 113 Å². The first kappa shape index (κ1) is 60.6. The van der Waals surface area contributed by atoms with Crippen molar-refractivity contribution >= 4 is 75.2 Å². The fourth-order valence-corrected chi connectivity index (χ4v) is 10.0. The van der Waals surface area contributed by atoms with Gasteiger partial charge in [-0.2, -0.15) is 0 Å². The number of rotatable bonds is 17. The summed E-state index contributed by atoms with van der Waals surface area (Å²) in [5.74, 6) is -1.50. The molecule has 8 aromatic rings. The molecule has 21 heteroatoms. The minimum Gasteiger partial charge on any atom is -0.348 e. The number of nitrogens with one attached hydrogen (secondary N) is 3. The van der Waals surface area contributed by atoms with E-state index in [1.54, 1.807) is 76.9 Å². The zero-order chi connectivity index (χ0) is 59.4. The number of nitrogens with zero attached hydrogens (tertiary/aromatic N) is 9. The molecule has 8 heterocycles. The number of halogens is 2. The summed E-state index contributed by atoms with van der Waals surface area (Å²) >= 11 is 11.9. The van der Waals surface area contributed by atoms with Crippen molar-refractivity contribution in [1.82, 2.24) is 59.7 Å². The SMILES string of the molecule is CC1(C)CN(C(=O)Cn2c(=O)c(C(=O)NCc3ccc(Cl)cc3)cc3cc(C=O)cnc32)C1.CN(Cc1cccnc1)Cc1cnc2c(c1)cc(C(=O)NCc1ccc(Cl)cc1)c(=O)n2CC(=O)N1CC(C)(C)C1.CNCc1cccnc1. The summed E-state index contributed by atoms with van der Waals surface area (Å²) in [5.41, 5.74) is 4.58. The van der Waals surface area contributed by atoms with Crippen molar-refractivity contribution in [1.29, 1.82) is 0 Å². The zero-order valence-corrected chi connectivity index (χ0v) is 48.7. The van der Waals surface area contributed by atoms with E-state index in [2.05, 4.69) is 68.5 Å². The second kappa shape index (κ2) is 27.1. The number of carbonyl (C=O) groups excluding carboxylic acids is 5. The molecule has 3 N–H and O–H groups in total. The molecule has 0 bridgehead atoms. The summed E-state index contributed by atoms with van der Waals surface area (Å²) < 4.78 is 2.53. The van der Waals surface area contributed by atoms with E-state index in [-0.39, 0.29) is 65.6 Å². The zero-order valence-electron chi connectivity index (χ0n) is 47.2. The van der Waals surface area contributed by atoms with Crippen LogP contribution < -0.4 is 27.1 Å². The van der Waals surface area contributed by atoms with Gasteiger partial charge in [0.25, 0.3) is 22.9 Å². The average molecular weight is 1160 g/mol. The largest absolute Gasteiger partial charge is 0.348 e. The van der Waals surface area contributed by atoms with E-state index in [0.29, 0.717) is 77.6 Å². The van der Waals surface area contributed by atoms with Gasteiger partial charge in [0.2, 0.25) is 11.8 Å². The number of carbonyl (C=O) groups is 5. The Hall–Kier alpha value is -8.49. The minimum atomic E-state index is -0.615. The highest BCUT2D eigenvalue weighted by molar-refractivity contribution is 6.30. The summed E-state index contributed by atoms with van der Waals surface area (Å²) in [6.45, 7) is 13.0. The van der Waals surface area contributed by atoms with E-state index in [0.717, 1.165) is 28.8 Å². The Morgan fingerprint density at radius 2 is 1.02 bits per heavy atom. The van der Waals surface area contributed by atoms with Crippen LogP contribution in [0.25, 0.3) is 22.1 Å². The van der Waals surface area contributed by atoms with E-state index in [1.807, 2.05) is 69.0 Å². The van der Waals surface area contributed by atoms with Crippen LogP contribution in [-0.2, 0) is 55.4 Å². The Bertz CT molecular complexity index is 3750. The molecular formula is C62H66Cl2N12O7.